The highest BCUT2D eigenvalue weighted by molar-refractivity contribution is 5.91. The molecule has 8 heavy (non-hydrogen) atoms. The van der Waals surface area contributed by atoms with E-state index in [1.54, 1.807) is 0 Å². The third kappa shape index (κ3) is 4.88. The molecule has 0 aromatic heterocycles. The highest BCUT2D eigenvalue weighted by atomic mass is 16.4. The second-order valence-corrected chi connectivity index (χ2v) is 1.23. The van der Waals surface area contributed by atoms with E-state index in [4.69, 9.17) is 5.21 Å². The highest BCUT2D eigenvalue weighted by Gasteiger charge is 1.75. The van der Waals surface area contributed by atoms with E-state index < -0.39 is 0 Å². The molecule has 0 aliphatic carbocycles. The van der Waals surface area contributed by atoms with Gasteiger partial charge in [0, 0.05) is 0 Å². The molecule has 1 N–H and O–H groups in total. The molecule has 0 saturated carbocycles. The van der Waals surface area contributed by atoms with E-state index in [2.05, 4.69) is 5.16 Å². The lowest BCUT2D eigenvalue weighted by Crippen LogP contribution is -1.78. The standard InChI is InChI=1S/C5H7NO2/c1-5(7)3-2-4-6-8/h2-4,8H,1H3/b3-2+,6-4+. The van der Waals surface area contributed by atoms with Gasteiger partial charge in [-0.1, -0.05) is 5.16 Å². The first-order valence-corrected chi connectivity index (χ1v) is 2.12. The summed E-state index contributed by atoms with van der Waals surface area (Å²) in [6.45, 7) is 1.42. The minimum Gasteiger partial charge on any atom is -0.411 e. The predicted molar refractivity (Wildman–Crippen MR) is 30.1 cm³/mol. The summed E-state index contributed by atoms with van der Waals surface area (Å²) >= 11 is 0. The van der Waals surface area contributed by atoms with Crippen LogP contribution in [0.1, 0.15) is 6.92 Å². The van der Waals surface area contributed by atoms with Gasteiger partial charge in [-0.05, 0) is 19.1 Å². The van der Waals surface area contributed by atoms with Crippen LogP contribution in [0.2, 0.25) is 0 Å². The van der Waals surface area contributed by atoms with E-state index in [0.29, 0.717) is 0 Å². The Balaban J connectivity index is 3.50. The van der Waals surface area contributed by atoms with Gasteiger partial charge in [0.05, 0.1) is 6.21 Å². The number of carbonyl (C=O) groups is 1. The van der Waals surface area contributed by atoms with Crippen molar-refractivity contribution in [3.8, 4) is 0 Å². The number of allylic oxidation sites excluding steroid dienone is 2. The number of carbonyl (C=O) groups excluding carboxylic acids is 1. The molecule has 0 atom stereocenters. The maximum Gasteiger partial charge on any atom is 0.152 e. The van der Waals surface area contributed by atoms with Crippen LogP contribution in [0.15, 0.2) is 17.3 Å². The van der Waals surface area contributed by atoms with Gasteiger partial charge in [0.1, 0.15) is 0 Å². The minimum absolute atomic E-state index is 0.0649. The predicted octanol–water partition coefficient (Wildman–Crippen LogP) is 0.592. The molecule has 0 saturated heterocycles. The van der Waals surface area contributed by atoms with Crippen molar-refractivity contribution in [2.75, 3.05) is 0 Å². The Morgan fingerprint density at radius 2 is 2.38 bits per heavy atom. The second kappa shape index (κ2) is 4.05. The number of ketones is 1. The van der Waals surface area contributed by atoms with E-state index in [-0.39, 0.29) is 5.78 Å². The van der Waals surface area contributed by atoms with Crippen molar-refractivity contribution in [1.82, 2.24) is 0 Å². The SMILES string of the molecule is CC(=O)/C=C/C=N/O. The number of hydrogen-bond donors (Lipinski definition) is 1. The fourth-order valence-electron chi connectivity index (χ4n) is 0.217. The van der Waals surface area contributed by atoms with Gasteiger partial charge >= 0.3 is 0 Å². The van der Waals surface area contributed by atoms with Crippen LogP contribution in [0.5, 0.6) is 0 Å². The molecular formula is C5H7NO2. The Morgan fingerprint density at radius 1 is 1.75 bits per heavy atom. The van der Waals surface area contributed by atoms with E-state index in [9.17, 15) is 4.79 Å². The van der Waals surface area contributed by atoms with Gasteiger partial charge < -0.3 is 5.21 Å². The lowest BCUT2D eigenvalue weighted by molar-refractivity contribution is -0.112. The van der Waals surface area contributed by atoms with Crippen molar-refractivity contribution in [2.24, 2.45) is 5.16 Å². The van der Waals surface area contributed by atoms with Crippen LogP contribution in [0.3, 0.4) is 0 Å². The largest absolute Gasteiger partial charge is 0.411 e. The molecule has 0 radical (unpaired) electrons. The summed E-state index contributed by atoms with van der Waals surface area (Å²) in [6, 6.07) is 0. The van der Waals surface area contributed by atoms with Crippen LogP contribution < -0.4 is 0 Å². The van der Waals surface area contributed by atoms with Gasteiger partial charge in [-0.25, -0.2) is 0 Å². The molecule has 3 nitrogen and oxygen atoms in total. The zero-order valence-corrected chi connectivity index (χ0v) is 4.53. The van der Waals surface area contributed by atoms with Crippen molar-refractivity contribution in [2.45, 2.75) is 6.92 Å². The molecule has 0 amide bonds. The maximum atomic E-state index is 10.1. The van der Waals surface area contributed by atoms with Gasteiger partial charge in [0.15, 0.2) is 5.78 Å². The van der Waals surface area contributed by atoms with Crippen LogP contribution >= 0.6 is 0 Å². The van der Waals surface area contributed by atoms with Gasteiger partial charge in [-0.3, -0.25) is 4.79 Å². The summed E-state index contributed by atoms with van der Waals surface area (Å²) in [5, 5.41) is 10.4. The Labute approximate surface area is 47.3 Å². The maximum absolute atomic E-state index is 10.1. The first-order chi connectivity index (χ1) is 3.77. The van der Waals surface area contributed by atoms with Crippen molar-refractivity contribution < 1.29 is 10.0 Å². The lowest BCUT2D eigenvalue weighted by Gasteiger charge is -1.71. The first-order valence-electron chi connectivity index (χ1n) is 2.12. The smallest absolute Gasteiger partial charge is 0.152 e. The lowest BCUT2D eigenvalue weighted by atomic mass is 10.4. The van der Waals surface area contributed by atoms with Crippen molar-refractivity contribution in [3.63, 3.8) is 0 Å². The molecule has 0 bridgehead atoms. The third-order valence-electron chi connectivity index (χ3n) is 0.484. The van der Waals surface area contributed by atoms with Crippen LogP contribution in [0.4, 0.5) is 0 Å². The average Bonchev–Trinajstić information content (AvgIpc) is 1.66. The summed E-state index contributed by atoms with van der Waals surface area (Å²) < 4.78 is 0. The zero-order chi connectivity index (χ0) is 6.41. The number of rotatable bonds is 2. The quantitative estimate of drug-likeness (QED) is 0.246. The minimum atomic E-state index is -0.0649. The molecule has 0 aromatic rings. The summed E-state index contributed by atoms with van der Waals surface area (Å²) in [6.07, 6.45) is 3.80. The van der Waals surface area contributed by atoms with E-state index >= 15 is 0 Å². The zero-order valence-electron chi connectivity index (χ0n) is 4.53. The molecule has 0 unspecified atom stereocenters. The van der Waals surface area contributed by atoms with Gasteiger partial charge in [0.2, 0.25) is 0 Å². The van der Waals surface area contributed by atoms with Gasteiger partial charge in [-0.15, -0.1) is 0 Å². The highest BCUT2D eigenvalue weighted by Crippen LogP contribution is 1.69. The number of hydrogen-bond acceptors (Lipinski definition) is 3. The molecule has 0 spiro atoms. The molecule has 0 aromatic carbocycles. The van der Waals surface area contributed by atoms with Crippen molar-refractivity contribution in [3.05, 3.63) is 12.2 Å². The topological polar surface area (TPSA) is 49.7 Å². The monoisotopic (exact) mass is 113 g/mol. The Hall–Kier alpha value is -1.12. The van der Waals surface area contributed by atoms with Gasteiger partial charge in [0.25, 0.3) is 0 Å². The molecule has 44 valence electrons. The first kappa shape index (κ1) is 6.88. The molecule has 0 fully saturated rings. The fraction of sp³-hybridized carbons (Fsp3) is 0.200. The van der Waals surface area contributed by atoms with E-state index in [1.807, 2.05) is 0 Å². The molecule has 0 aliphatic heterocycles. The van der Waals surface area contributed by atoms with Crippen LogP contribution in [-0.2, 0) is 4.79 Å². The average molecular weight is 113 g/mol. The van der Waals surface area contributed by atoms with Crippen LogP contribution in [0.25, 0.3) is 0 Å². The summed E-state index contributed by atoms with van der Waals surface area (Å²) in [5.41, 5.74) is 0. The second-order valence-electron chi connectivity index (χ2n) is 1.23. The summed E-state index contributed by atoms with van der Waals surface area (Å²) in [4.78, 5) is 10.1. The van der Waals surface area contributed by atoms with Crippen LogP contribution in [-0.4, -0.2) is 17.2 Å². The summed E-state index contributed by atoms with van der Waals surface area (Å²) in [5.74, 6) is -0.0649. The Bertz CT molecular complexity index is 126. The molecular weight excluding hydrogens is 106 g/mol. The number of nitrogens with zero attached hydrogens (tertiary/aromatic N) is 1. The van der Waals surface area contributed by atoms with E-state index in [1.165, 1.54) is 19.1 Å². The third-order valence-corrected chi connectivity index (χ3v) is 0.484. The normalized spacial score (nSPS) is 11.1. The molecule has 0 heterocycles. The Morgan fingerprint density at radius 3 is 2.75 bits per heavy atom. The molecule has 0 rings (SSSR count). The molecule has 3 heteroatoms. The van der Waals surface area contributed by atoms with Crippen molar-refractivity contribution in [1.29, 1.82) is 0 Å². The molecule has 0 aliphatic rings. The van der Waals surface area contributed by atoms with Gasteiger partial charge in [-0.2, -0.15) is 0 Å². The fourth-order valence-corrected chi connectivity index (χ4v) is 0.217. The van der Waals surface area contributed by atoms with E-state index in [0.717, 1.165) is 6.21 Å². The number of oxime groups is 1. The Kier molecular flexibility index (Phi) is 3.48. The van der Waals surface area contributed by atoms with Crippen molar-refractivity contribution >= 4 is 12.0 Å². The summed E-state index contributed by atoms with van der Waals surface area (Å²) in [7, 11) is 0. The van der Waals surface area contributed by atoms with Crippen LogP contribution in [0, 0.1) is 0 Å².